The van der Waals surface area contributed by atoms with Crippen LogP contribution in [0.2, 0.25) is 0 Å². The number of anilines is 3. The number of benzene rings is 6. The minimum atomic E-state index is -3.67. The number of aryl methyl sites for hydroxylation is 2. The normalized spacial score (nSPS) is 13.8. The highest BCUT2D eigenvalue weighted by Gasteiger charge is 2.26. The Balaban J connectivity index is 0.000000179. The van der Waals surface area contributed by atoms with Crippen LogP contribution in [-0.4, -0.2) is 23.1 Å². The zero-order valence-corrected chi connectivity index (χ0v) is 31.6. The smallest absolute Gasteiger partial charge is 0.261 e. The average molecular weight is 765 g/mol. The zero-order chi connectivity index (χ0) is 36.7. The van der Waals surface area contributed by atoms with Crippen LogP contribution in [0.5, 0.6) is 0 Å². The van der Waals surface area contributed by atoms with E-state index in [2.05, 4.69) is 38.4 Å². The molecular formula is C40H36N4O4S4. The number of rotatable bonds is 9. The molecule has 6 aromatic rings. The molecule has 1 unspecified atom stereocenters. The van der Waals surface area contributed by atoms with Crippen molar-refractivity contribution in [3.05, 3.63) is 168 Å². The molecule has 1 aliphatic rings. The fourth-order valence-electron chi connectivity index (χ4n) is 5.20. The third-order valence-corrected chi connectivity index (χ3v) is 12.4. The maximum Gasteiger partial charge on any atom is 0.261 e. The van der Waals surface area contributed by atoms with Crippen LogP contribution in [-0.2, 0) is 20.0 Å². The Labute approximate surface area is 315 Å². The fraction of sp³-hybridized carbons (Fsp3) is 0.0750. The molecule has 0 aromatic heterocycles. The molecule has 0 saturated heterocycles. The van der Waals surface area contributed by atoms with E-state index >= 15 is 0 Å². The summed E-state index contributed by atoms with van der Waals surface area (Å²) in [6, 6.07) is 43.7. The van der Waals surface area contributed by atoms with Crippen molar-refractivity contribution in [1.82, 2.24) is 0 Å². The summed E-state index contributed by atoms with van der Waals surface area (Å²) in [7, 11) is -7.31. The van der Waals surface area contributed by atoms with Crippen LogP contribution in [0.25, 0.3) is 0 Å². The van der Waals surface area contributed by atoms with Crippen molar-refractivity contribution in [3.63, 3.8) is 0 Å². The van der Waals surface area contributed by atoms with Crippen molar-refractivity contribution in [3.8, 4) is 0 Å². The van der Waals surface area contributed by atoms with E-state index in [1.165, 1.54) is 0 Å². The number of nitrogens with one attached hydrogen (secondary N) is 3. The molecule has 6 aromatic carbocycles. The minimum Gasteiger partial charge on any atom is -0.368 e. The van der Waals surface area contributed by atoms with Gasteiger partial charge in [0, 0.05) is 32.8 Å². The lowest BCUT2D eigenvalue weighted by atomic mass is 10.2. The minimum absolute atomic E-state index is 0.0377. The van der Waals surface area contributed by atoms with Crippen molar-refractivity contribution in [2.45, 2.75) is 38.8 Å². The van der Waals surface area contributed by atoms with Gasteiger partial charge in [-0.05, 0) is 74.5 Å². The standard InChI is InChI=1S/2C20H18N2O2S2/c1-14-10-12-15(13-11-14)26(23,24)22-17-7-3-2-6-16(17)20-21-18-8-4-5-9-19(18)25-20;1-15-10-12-17(13-11-15)26(23,24)22-18-7-3-2-6-16(18)14-21-19-8-4-5-9-20(19)25/h2-13,20-22H,1H3;2-14,22,25H,1H3. The van der Waals surface area contributed by atoms with Crippen LogP contribution in [0, 0.1) is 13.8 Å². The first-order valence-electron chi connectivity index (χ1n) is 16.2. The van der Waals surface area contributed by atoms with E-state index < -0.39 is 20.0 Å². The van der Waals surface area contributed by atoms with Gasteiger partial charge >= 0.3 is 0 Å². The maximum atomic E-state index is 12.8. The molecule has 1 aliphatic heterocycles. The topological polar surface area (TPSA) is 117 Å². The lowest BCUT2D eigenvalue weighted by Gasteiger charge is -2.17. The van der Waals surface area contributed by atoms with Crippen LogP contribution >= 0.6 is 24.4 Å². The lowest BCUT2D eigenvalue weighted by Crippen LogP contribution is -2.15. The summed E-state index contributed by atoms with van der Waals surface area (Å²) in [4.78, 5) is 6.80. The summed E-state index contributed by atoms with van der Waals surface area (Å²) in [6.07, 6.45) is 1.63. The second-order valence-corrected chi connectivity index (χ2v) is 16.9. The Morgan fingerprint density at radius 2 is 1.15 bits per heavy atom. The molecule has 0 saturated carbocycles. The zero-order valence-electron chi connectivity index (χ0n) is 28.3. The largest absolute Gasteiger partial charge is 0.368 e. The van der Waals surface area contributed by atoms with E-state index in [0.29, 0.717) is 22.6 Å². The molecule has 0 bridgehead atoms. The number of thiol groups is 1. The van der Waals surface area contributed by atoms with Crippen LogP contribution in [0.4, 0.5) is 22.7 Å². The summed E-state index contributed by atoms with van der Waals surface area (Å²) < 4.78 is 56.2. The highest BCUT2D eigenvalue weighted by atomic mass is 32.2. The van der Waals surface area contributed by atoms with Crippen LogP contribution in [0.3, 0.4) is 0 Å². The molecule has 3 N–H and O–H groups in total. The molecule has 0 amide bonds. The molecule has 1 atom stereocenters. The van der Waals surface area contributed by atoms with Gasteiger partial charge in [-0.2, -0.15) is 0 Å². The van der Waals surface area contributed by atoms with Gasteiger partial charge in [0.2, 0.25) is 0 Å². The van der Waals surface area contributed by atoms with Crippen LogP contribution < -0.4 is 14.8 Å². The van der Waals surface area contributed by atoms with Crippen molar-refractivity contribution in [2.24, 2.45) is 4.99 Å². The van der Waals surface area contributed by atoms with E-state index in [1.54, 1.807) is 90.8 Å². The predicted molar refractivity (Wildman–Crippen MR) is 216 cm³/mol. The molecule has 264 valence electrons. The first kappa shape index (κ1) is 36.8. The SMILES string of the molecule is Cc1ccc(S(=O)(=O)Nc2ccccc2C2Nc3ccccc3S2)cc1.Cc1ccc(S(=O)(=O)Nc2ccccc2C=Nc2ccccc2S)cc1. The molecule has 12 heteroatoms. The maximum absolute atomic E-state index is 12.8. The molecular weight excluding hydrogens is 729 g/mol. The van der Waals surface area contributed by atoms with Gasteiger partial charge in [-0.15, -0.1) is 12.6 Å². The van der Waals surface area contributed by atoms with Gasteiger partial charge < -0.3 is 5.32 Å². The van der Waals surface area contributed by atoms with Crippen LogP contribution in [0.15, 0.2) is 170 Å². The second-order valence-electron chi connectivity index (χ2n) is 11.9. The van der Waals surface area contributed by atoms with Gasteiger partial charge in [-0.3, -0.25) is 14.4 Å². The first-order chi connectivity index (χ1) is 25.0. The van der Waals surface area contributed by atoms with Crippen LogP contribution in [0.1, 0.15) is 27.6 Å². The molecule has 7 rings (SSSR count). The van der Waals surface area contributed by atoms with Gasteiger partial charge in [0.1, 0.15) is 5.37 Å². The molecule has 0 aliphatic carbocycles. The van der Waals surface area contributed by atoms with Crippen molar-refractivity contribution in [1.29, 1.82) is 0 Å². The molecule has 1 heterocycles. The first-order valence-corrected chi connectivity index (χ1v) is 20.5. The number of nitrogens with zero attached hydrogens (tertiary/aromatic N) is 1. The van der Waals surface area contributed by atoms with Gasteiger partial charge in [0.15, 0.2) is 0 Å². The second kappa shape index (κ2) is 16.1. The summed E-state index contributed by atoms with van der Waals surface area (Å²) in [5, 5.41) is 3.41. The van der Waals surface area contributed by atoms with E-state index in [0.717, 1.165) is 32.2 Å². The number of hydrogen-bond acceptors (Lipinski definition) is 8. The van der Waals surface area contributed by atoms with Gasteiger partial charge in [-0.25, -0.2) is 16.8 Å². The summed E-state index contributed by atoms with van der Waals surface area (Å²) in [6.45, 7) is 3.84. The number of sulfonamides is 2. The Morgan fingerprint density at radius 1 is 0.635 bits per heavy atom. The quantitative estimate of drug-likeness (QED) is 0.0861. The Bertz CT molecular complexity index is 2410. The molecule has 52 heavy (non-hydrogen) atoms. The third kappa shape index (κ3) is 9.07. The number of thioether (sulfide) groups is 1. The Kier molecular flexibility index (Phi) is 11.4. The number of fused-ring (bicyclic) bond motifs is 1. The molecule has 0 spiro atoms. The third-order valence-electron chi connectivity index (χ3n) is 8.00. The van der Waals surface area contributed by atoms with E-state index in [4.69, 9.17) is 0 Å². The highest BCUT2D eigenvalue weighted by molar-refractivity contribution is 8.00. The number of hydrogen-bond donors (Lipinski definition) is 4. The summed E-state index contributed by atoms with van der Waals surface area (Å²) in [5.41, 5.74) is 6.44. The molecule has 8 nitrogen and oxygen atoms in total. The average Bonchev–Trinajstić information content (AvgIpc) is 3.57. The molecule has 0 radical (unpaired) electrons. The summed E-state index contributed by atoms with van der Waals surface area (Å²) >= 11 is 6.05. The van der Waals surface area contributed by atoms with Crippen molar-refractivity contribution in [2.75, 3.05) is 14.8 Å². The monoisotopic (exact) mass is 764 g/mol. The van der Waals surface area contributed by atoms with Gasteiger partial charge in [0.05, 0.1) is 26.9 Å². The number of para-hydroxylation sites is 4. The summed E-state index contributed by atoms with van der Waals surface area (Å²) in [5.74, 6) is 0. The van der Waals surface area contributed by atoms with Crippen molar-refractivity contribution >= 4 is 73.4 Å². The molecule has 0 fully saturated rings. The Morgan fingerprint density at radius 3 is 1.79 bits per heavy atom. The predicted octanol–water partition coefficient (Wildman–Crippen LogP) is 9.85. The fourth-order valence-corrected chi connectivity index (χ4v) is 8.78. The Hall–Kier alpha value is -5.01. The van der Waals surface area contributed by atoms with Gasteiger partial charge in [-0.1, -0.05) is 108 Å². The van der Waals surface area contributed by atoms with E-state index in [9.17, 15) is 16.8 Å². The van der Waals surface area contributed by atoms with Gasteiger partial charge in [0.25, 0.3) is 20.0 Å². The van der Waals surface area contributed by atoms with Crippen molar-refractivity contribution < 1.29 is 16.8 Å². The number of aliphatic imine (C=N–C) groups is 1. The highest BCUT2D eigenvalue weighted by Crippen LogP contribution is 2.48. The van der Waals surface area contributed by atoms with E-state index in [-0.39, 0.29) is 15.2 Å². The lowest BCUT2D eigenvalue weighted by molar-refractivity contribution is 0.599. The van der Waals surface area contributed by atoms with E-state index in [1.807, 2.05) is 80.6 Å².